The molecule has 1 fully saturated rings. The number of carboxylic acid groups (broad SMARTS) is 2. The first-order valence-electron chi connectivity index (χ1n) is 13.0. The maximum absolute atomic E-state index is 12.1. The van der Waals surface area contributed by atoms with Crippen LogP contribution in [-0.4, -0.2) is 56.1 Å². The Labute approximate surface area is 226 Å². The van der Waals surface area contributed by atoms with Gasteiger partial charge in [0, 0.05) is 23.0 Å². The van der Waals surface area contributed by atoms with Gasteiger partial charge in [-0.25, -0.2) is 4.79 Å². The summed E-state index contributed by atoms with van der Waals surface area (Å²) in [5.74, 6) is -3.22. The van der Waals surface area contributed by atoms with Crippen molar-refractivity contribution in [1.29, 1.82) is 0 Å². The Bertz CT molecular complexity index is 1420. The summed E-state index contributed by atoms with van der Waals surface area (Å²) < 4.78 is 5.85. The van der Waals surface area contributed by atoms with E-state index in [0.717, 1.165) is 25.9 Å². The SMILES string of the molecule is CC1=NC(C)=C(C(=O)O)C(c2cccc(Nc3nnc(CN4CCC(c5ccccc5)CC4)o3)c2)C1C(=O)O. The van der Waals surface area contributed by atoms with Crippen LogP contribution in [0.25, 0.3) is 0 Å². The van der Waals surface area contributed by atoms with E-state index in [9.17, 15) is 19.8 Å². The minimum absolute atomic E-state index is 0.0266. The summed E-state index contributed by atoms with van der Waals surface area (Å²) in [5, 5.41) is 31.1. The minimum atomic E-state index is -1.19. The van der Waals surface area contributed by atoms with Gasteiger partial charge in [0.05, 0.1) is 12.1 Å². The summed E-state index contributed by atoms with van der Waals surface area (Å²) in [4.78, 5) is 30.7. The lowest BCUT2D eigenvalue weighted by Gasteiger charge is -2.31. The van der Waals surface area contributed by atoms with Gasteiger partial charge in [-0.3, -0.25) is 14.7 Å². The fourth-order valence-corrected chi connectivity index (χ4v) is 5.64. The number of anilines is 2. The van der Waals surface area contributed by atoms with Crippen molar-refractivity contribution in [3.8, 4) is 0 Å². The number of hydrogen-bond acceptors (Lipinski definition) is 8. The van der Waals surface area contributed by atoms with Crippen LogP contribution in [0.1, 0.15) is 55.5 Å². The van der Waals surface area contributed by atoms with E-state index in [1.807, 2.05) is 6.07 Å². The molecule has 3 aromatic rings. The van der Waals surface area contributed by atoms with E-state index in [0.29, 0.717) is 41.0 Å². The van der Waals surface area contributed by atoms with Gasteiger partial charge < -0.3 is 19.9 Å². The first-order chi connectivity index (χ1) is 18.8. The van der Waals surface area contributed by atoms with E-state index in [4.69, 9.17) is 4.42 Å². The molecule has 2 aliphatic heterocycles. The Balaban J connectivity index is 1.27. The first kappa shape index (κ1) is 26.3. The van der Waals surface area contributed by atoms with E-state index in [2.05, 4.69) is 49.7 Å². The molecular formula is C29H31N5O5. The van der Waals surface area contributed by atoms with Crippen LogP contribution in [0, 0.1) is 5.92 Å². The molecule has 3 heterocycles. The number of benzene rings is 2. The van der Waals surface area contributed by atoms with Crippen LogP contribution in [0.2, 0.25) is 0 Å². The molecule has 39 heavy (non-hydrogen) atoms. The fraction of sp³-hybridized carbons (Fsp3) is 0.345. The Hall–Kier alpha value is -4.31. The molecule has 0 bridgehead atoms. The van der Waals surface area contributed by atoms with Gasteiger partial charge in [-0.2, -0.15) is 0 Å². The van der Waals surface area contributed by atoms with Crippen LogP contribution < -0.4 is 5.32 Å². The van der Waals surface area contributed by atoms with E-state index < -0.39 is 23.8 Å². The molecular weight excluding hydrogens is 498 g/mol. The predicted octanol–water partition coefficient (Wildman–Crippen LogP) is 4.81. The number of carboxylic acids is 2. The van der Waals surface area contributed by atoms with Gasteiger partial charge in [-0.1, -0.05) is 47.6 Å². The number of piperidine rings is 1. The molecule has 2 aliphatic rings. The third-order valence-electron chi connectivity index (χ3n) is 7.51. The van der Waals surface area contributed by atoms with E-state index in [-0.39, 0.29) is 11.6 Å². The Morgan fingerprint density at radius 1 is 1.00 bits per heavy atom. The van der Waals surface area contributed by atoms with Crippen LogP contribution in [0.4, 0.5) is 11.7 Å². The molecule has 1 aromatic heterocycles. The number of hydrogen-bond donors (Lipinski definition) is 3. The van der Waals surface area contributed by atoms with Gasteiger partial charge in [0.25, 0.3) is 0 Å². The maximum Gasteiger partial charge on any atom is 0.334 e. The maximum atomic E-state index is 12.1. The van der Waals surface area contributed by atoms with Crippen molar-refractivity contribution in [1.82, 2.24) is 15.1 Å². The molecule has 0 aliphatic carbocycles. The van der Waals surface area contributed by atoms with Gasteiger partial charge >= 0.3 is 18.0 Å². The second kappa shape index (κ2) is 11.2. The van der Waals surface area contributed by atoms with Crippen LogP contribution in [0.15, 0.2) is 75.3 Å². The van der Waals surface area contributed by atoms with Crippen molar-refractivity contribution in [2.24, 2.45) is 10.9 Å². The lowest BCUT2D eigenvalue weighted by molar-refractivity contribution is -0.140. The minimum Gasteiger partial charge on any atom is -0.481 e. The highest BCUT2D eigenvalue weighted by Gasteiger charge is 2.41. The summed E-state index contributed by atoms with van der Waals surface area (Å²) in [6.07, 6.45) is 2.15. The molecule has 2 unspecified atom stereocenters. The van der Waals surface area contributed by atoms with Gasteiger partial charge in [0.15, 0.2) is 0 Å². The van der Waals surface area contributed by atoms with E-state index in [1.54, 1.807) is 38.1 Å². The van der Waals surface area contributed by atoms with Gasteiger partial charge in [-0.15, -0.1) is 5.10 Å². The molecule has 202 valence electrons. The zero-order valence-corrected chi connectivity index (χ0v) is 21.9. The quantitative estimate of drug-likeness (QED) is 0.375. The molecule has 5 rings (SSSR count). The predicted molar refractivity (Wildman–Crippen MR) is 145 cm³/mol. The second-order valence-electron chi connectivity index (χ2n) is 10.1. The molecule has 10 nitrogen and oxygen atoms in total. The molecule has 2 aromatic carbocycles. The molecule has 3 N–H and O–H groups in total. The molecule has 0 amide bonds. The molecule has 10 heteroatoms. The molecule has 1 saturated heterocycles. The largest absolute Gasteiger partial charge is 0.481 e. The Morgan fingerprint density at radius 2 is 1.72 bits per heavy atom. The van der Waals surface area contributed by atoms with Crippen molar-refractivity contribution in [3.63, 3.8) is 0 Å². The van der Waals surface area contributed by atoms with E-state index in [1.165, 1.54) is 5.56 Å². The zero-order chi connectivity index (χ0) is 27.5. The number of allylic oxidation sites excluding steroid dienone is 1. The van der Waals surface area contributed by atoms with Gasteiger partial charge in [-0.05, 0) is 69.0 Å². The Morgan fingerprint density at radius 3 is 2.41 bits per heavy atom. The molecule has 0 radical (unpaired) electrons. The topological polar surface area (TPSA) is 141 Å². The number of aliphatic imine (C=N–C) groups is 1. The highest BCUT2D eigenvalue weighted by atomic mass is 16.4. The van der Waals surface area contributed by atoms with Crippen LogP contribution >= 0.6 is 0 Å². The number of aromatic nitrogens is 2. The van der Waals surface area contributed by atoms with Crippen LogP contribution in [0.5, 0.6) is 0 Å². The van der Waals surface area contributed by atoms with Crippen molar-refractivity contribution in [2.75, 3.05) is 18.4 Å². The van der Waals surface area contributed by atoms with Crippen LogP contribution in [-0.2, 0) is 16.1 Å². The molecule has 0 spiro atoms. The smallest absolute Gasteiger partial charge is 0.334 e. The zero-order valence-electron chi connectivity index (χ0n) is 21.9. The second-order valence-corrected chi connectivity index (χ2v) is 10.1. The fourth-order valence-electron chi connectivity index (χ4n) is 5.64. The number of aliphatic carboxylic acids is 2. The summed E-state index contributed by atoms with van der Waals surface area (Å²) in [6.45, 7) is 5.65. The summed E-state index contributed by atoms with van der Waals surface area (Å²) in [7, 11) is 0. The van der Waals surface area contributed by atoms with Crippen LogP contribution in [0.3, 0.4) is 0 Å². The Kier molecular flexibility index (Phi) is 7.56. The third-order valence-corrected chi connectivity index (χ3v) is 7.51. The molecule has 0 saturated carbocycles. The lowest BCUT2D eigenvalue weighted by Crippen LogP contribution is -2.34. The normalized spacial score (nSPS) is 20.5. The summed E-state index contributed by atoms with van der Waals surface area (Å²) in [6, 6.07) is 17.8. The molecule has 2 atom stereocenters. The number of carbonyl (C=O) groups is 2. The highest BCUT2D eigenvalue weighted by Crippen LogP contribution is 2.40. The van der Waals surface area contributed by atoms with Crippen molar-refractivity contribution in [2.45, 2.75) is 45.1 Å². The average Bonchev–Trinajstić information content (AvgIpc) is 3.35. The van der Waals surface area contributed by atoms with E-state index >= 15 is 0 Å². The number of nitrogens with zero attached hydrogens (tertiary/aromatic N) is 4. The lowest BCUT2D eigenvalue weighted by atomic mass is 9.75. The number of nitrogens with one attached hydrogen (secondary N) is 1. The van der Waals surface area contributed by atoms with Gasteiger partial charge in [0.2, 0.25) is 5.89 Å². The monoisotopic (exact) mass is 529 g/mol. The summed E-state index contributed by atoms with van der Waals surface area (Å²) in [5.41, 5.74) is 3.15. The highest BCUT2D eigenvalue weighted by molar-refractivity contribution is 6.06. The van der Waals surface area contributed by atoms with Crippen molar-refractivity contribution in [3.05, 3.63) is 82.9 Å². The van der Waals surface area contributed by atoms with Crippen molar-refractivity contribution < 1.29 is 24.2 Å². The van der Waals surface area contributed by atoms with Gasteiger partial charge in [0.1, 0.15) is 5.92 Å². The third kappa shape index (κ3) is 5.75. The average molecular weight is 530 g/mol. The number of likely N-dealkylation sites (tertiary alicyclic amines) is 1. The van der Waals surface area contributed by atoms with Crippen molar-refractivity contribution >= 4 is 29.4 Å². The standard InChI is InChI=1S/C29H31N5O5/c1-17-24(27(35)36)26(25(28(37)38)18(2)30-17)21-9-6-10-22(15-21)31-29-33-32-23(39-29)16-34-13-11-20(12-14-34)19-7-4-3-5-8-19/h3-10,15,20,24,26H,11-14,16H2,1-2H3,(H,31,33)(H,35,36)(H,37,38). The first-order valence-corrected chi connectivity index (χ1v) is 13.0. The number of rotatable bonds is 8. The summed E-state index contributed by atoms with van der Waals surface area (Å²) >= 11 is 0.